The molecule has 0 spiro atoms. The van der Waals surface area contributed by atoms with E-state index >= 15 is 0 Å². The van der Waals surface area contributed by atoms with E-state index in [0.717, 1.165) is 31.2 Å². The molecule has 0 aliphatic carbocycles. The average Bonchev–Trinajstić information content (AvgIpc) is 2.68. The van der Waals surface area contributed by atoms with Gasteiger partial charge in [0, 0.05) is 0 Å². The summed E-state index contributed by atoms with van der Waals surface area (Å²) >= 11 is 0. The Morgan fingerprint density at radius 3 is 1.57 bits per heavy atom. The van der Waals surface area contributed by atoms with Crippen molar-refractivity contribution in [2.45, 2.75) is 104 Å². The van der Waals surface area contributed by atoms with Gasteiger partial charge in [-0.05, 0) is 25.3 Å². The Bertz CT molecular complexity index is 505. The second kappa shape index (κ2) is 16.2. The Balaban J connectivity index is 2.42. The number of hydrogen-bond donors (Lipinski definition) is 0. The molecule has 28 heavy (non-hydrogen) atoms. The first-order valence-electron chi connectivity index (χ1n) is 11.5. The first-order valence-corrected chi connectivity index (χ1v) is 13.3. The molecule has 0 unspecified atom stereocenters. The minimum Gasteiger partial charge on any atom is -0.308 e. The number of hydrogen-bond acceptors (Lipinski definition) is 3. The highest BCUT2D eigenvalue weighted by atomic mass is 31.2. The van der Waals surface area contributed by atoms with Gasteiger partial charge in [0.05, 0.1) is 19.4 Å². The van der Waals surface area contributed by atoms with Crippen molar-refractivity contribution >= 4 is 7.60 Å². The summed E-state index contributed by atoms with van der Waals surface area (Å²) in [4.78, 5) is 0. The van der Waals surface area contributed by atoms with Gasteiger partial charge in [-0.15, -0.1) is 0 Å². The topological polar surface area (TPSA) is 35.5 Å². The molecule has 162 valence electrons. The highest BCUT2D eigenvalue weighted by molar-refractivity contribution is 7.53. The summed E-state index contributed by atoms with van der Waals surface area (Å²) in [7, 11) is -3.08. The van der Waals surface area contributed by atoms with Gasteiger partial charge in [-0.25, -0.2) is 0 Å². The van der Waals surface area contributed by atoms with Crippen molar-refractivity contribution in [3.63, 3.8) is 0 Å². The van der Waals surface area contributed by atoms with Crippen LogP contribution >= 0.6 is 7.60 Å². The first kappa shape index (κ1) is 25.4. The summed E-state index contributed by atoms with van der Waals surface area (Å²) < 4.78 is 25.0. The van der Waals surface area contributed by atoms with Crippen LogP contribution in [-0.2, 0) is 19.8 Å². The molecule has 0 saturated heterocycles. The Morgan fingerprint density at radius 1 is 0.679 bits per heavy atom. The minimum atomic E-state index is -3.08. The predicted molar refractivity (Wildman–Crippen MR) is 121 cm³/mol. The van der Waals surface area contributed by atoms with Gasteiger partial charge < -0.3 is 9.05 Å². The second-order valence-electron chi connectivity index (χ2n) is 7.96. The highest BCUT2D eigenvalue weighted by Crippen LogP contribution is 2.51. The van der Waals surface area contributed by atoms with Crippen LogP contribution in [0.25, 0.3) is 0 Å². The lowest BCUT2D eigenvalue weighted by atomic mass is 10.1. The van der Waals surface area contributed by atoms with Crippen LogP contribution in [0.3, 0.4) is 0 Å². The zero-order valence-corrected chi connectivity index (χ0v) is 19.5. The first-order chi connectivity index (χ1) is 13.6. The number of unbranched alkanes of at least 4 members (excludes halogenated alkanes) is 10. The second-order valence-corrected chi connectivity index (χ2v) is 10.0. The van der Waals surface area contributed by atoms with E-state index in [-0.39, 0.29) is 0 Å². The molecule has 0 aliphatic heterocycles. The van der Waals surface area contributed by atoms with Crippen LogP contribution in [0.5, 0.6) is 0 Å². The number of rotatable bonds is 18. The van der Waals surface area contributed by atoms with E-state index in [0.29, 0.717) is 19.4 Å². The van der Waals surface area contributed by atoms with Gasteiger partial charge in [-0.2, -0.15) is 0 Å². The number of aryl methyl sites for hydroxylation is 1. The molecule has 0 atom stereocenters. The Kier molecular flexibility index (Phi) is 14.7. The van der Waals surface area contributed by atoms with E-state index in [4.69, 9.17) is 9.05 Å². The van der Waals surface area contributed by atoms with E-state index in [2.05, 4.69) is 32.9 Å². The molecule has 3 nitrogen and oxygen atoms in total. The molecule has 0 aliphatic rings. The molecule has 0 bridgehead atoms. The molecule has 0 aromatic heterocycles. The van der Waals surface area contributed by atoms with E-state index < -0.39 is 7.60 Å². The van der Waals surface area contributed by atoms with Crippen molar-refractivity contribution in [1.82, 2.24) is 0 Å². The summed E-state index contributed by atoms with van der Waals surface area (Å²) in [6.07, 6.45) is 14.7. The van der Waals surface area contributed by atoms with E-state index in [1.807, 2.05) is 12.1 Å². The lowest BCUT2D eigenvalue weighted by Gasteiger charge is -2.19. The van der Waals surface area contributed by atoms with E-state index in [9.17, 15) is 4.57 Å². The van der Waals surface area contributed by atoms with Crippen LogP contribution in [0.2, 0.25) is 0 Å². The molecule has 0 radical (unpaired) electrons. The smallest absolute Gasteiger partial charge is 0.308 e. The molecule has 0 amide bonds. The molecule has 0 heterocycles. The Hall–Kier alpha value is -0.630. The minimum absolute atomic E-state index is 0.374. The summed E-state index contributed by atoms with van der Waals surface area (Å²) in [5, 5.41) is 0. The van der Waals surface area contributed by atoms with Crippen LogP contribution in [0.15, 0.2) is 24.3 Å². The Morgan fingerprint density at radius 2 is 1.11 bits per heavy atom. The third-order valence-electron chi connectivity index (χ3n) is 5.07. The SMILES string of the molecule is CCCCCCCCOP(=O)(Cc1ccc(C)cc1)OCCCCCCCC. The summed E-state index contributed by atoms with van der Waals surface area (Å²) in [5.41, 5.74) is 2.24. The van der Waals surface area contributed by atoms with Crippen molar-refractivity contribution in [2.75, 3.05) is 13.2 Å². The zero-order chi connectivity index (χ0) is 20.5. The molecule has 1 aromatic carbocycles. The van der Waals surface area contributed by atoms with Crippen LogP contribution in [-0.4, -0.2) is 13.2 Å². The van der Waals surface area contributed by atoms with Crippen LogP contribution in [0.4, 0.5) is 0 Å². The van der Waals surface area contributed by atoms with Crippen molar-refractivity contribution in [1.29, 1.82) is 0 Å². The number of benzene rings is 1. The molecular weight excluding hydrogens is 367 g/mol. The van der Waals surface area contributed by atoms with Crippen LogP contribution in [0, 0.1) is 6.92 Å². The van der Waals surface area contributed by atoms with Crippen LogP contribution < -0.4 is 0 Å². The maximum Gasteiger partial charge on any atom is 0.335 e. The standard InChI is InChI=1S/C24H43O3P/c1-4-6-8-10-12-14-20-26-28(25,22-24-18-16-23(3)17-19-24)27-21-15-13-11-9-7-5-2/h16-19H,4-15,20-22H2,1-3H3. The van der Waals surface area contributed by atoms with Gasteiger partial charge in [-0.1, -0.05) is 108 Å². The summed E-state index contributed by atoms with van der Waals surface area (Å²) in [6.45, 7) is 7.59. The maximum atomic E-state index is 13.3. The van der Waals surface area contributed by atoms with Gasteiger partial charge in [0.25, 0.3) is 0 Å². The quantitative estimate of drug-likeness (QED) is 0.180. The van der Waals surface area contributed by atoms with Crippen LogP contribution in [0.1, 0.15) is 102 Å². The summed E-state index contributed by atoms with van der Waals surface area (Å²) in [5.74, 6) is 0. The Labute approximate surface area is 174 Å². The van der Waals surface area contributed by atoms with Gasteiger partial charge >= 0.3 is 7.60 Å². The van der Waals surface area contributed by atoms with Gasteiger partial charge in [0.15, 0.2) is 0 Å². The third-order valence-corrected chi connectivity index (χ3v) is 6.97. The molecular formula is C24H43O3P. The van der Waals surface area contributed by atoms with Crippen molar-refractivity contribution in [3.05, 3.63) is 35.4 Å². The fourth-order valence-electron chi connectivity index (χ4n) is 3.22. The average molecular weight is 411 g/mol. The summed E-state index contributed by atoms with van der Waals surface area (Å²) in [6, 6.07) is 8.18. The maximum absolute atomic E-state index is 13.3. The van der Waals surface area contributed by atoms with Crippen molar-refractivity contribution in [2.24, 2.45) is 0 Å². The molecule has 4 heteroatoms. The molecule has 0 saturated carbocycles. The van der Waals surface area contributed by atoms with Crippen molar-refractivity contribution < 1.29 is 13.6 Å². The largest absolute Gasteiger partial charge is 0.335 e. The van der Waals surface area contributed by atoms with Gasteiger partial charge in [0.2, 0.25) is 0 Å². The predicted octanol–water partition coefficient (Wildman–Crippen LogP) is 8.44. The fraction of sp³-hybridized carbons (Fsp3) is 0.750. The monoisotopic (exact) mass is 410 g/mol. The molecule has 1 aromatic rings. The lowest BCUT2D eigenvalue weighted by molar-refractivity contribution is 0.196. The zero-order valence-electron chi connectivity index (χ0n) is 18.6. The normalized spacial score (nSPS) is 11.8. The fourth-order valence-corrected chi connectivity index (χ4v) is 4.95. The van der Waals surface area contributed by atoms with Crippen molar-refractivity contribution in [3.8, 4) is 0 Å². The highest BCUT2D eigenvalue weighted by Gasteiger charge is 2.25. The van der Waals surface area contributed by atoms with Gasteiger partial charge in [0.1, 0.15) is 0 Å². The molecule has 0 fully saturated rings. The third kappa shape index (κ3) is 12.8. The molecule has 0 N–H and O–H groups in total. The van der Waals surface area contributed by atoms with E-state index in [1.165, 1.54) is 56.9 Å². The van der Waals surface area contributed by atoms with Gasteiger partial charge in [-0.3, -0.25) is 4.57 Å². The lowest BCUT2D eigenvalue weighted by Crippen LogP contribution is -2.02. The van der Waals surface area contributed by atoms with E-state index in [1.54, 1.807) is 0 Å². The molecule has 1 rings (SSSR count).